The van der Waals surface area contributed by atoms with Gasteiger partial charge in [-0.25, -0.2) is 0 Å². The largest absolute Gasteiger partial charge is 0.481 e. The predicted octanol–water partition coefficient (Wildman–Crippen LogP) is 5.63. The molecule has 1 N–H and O–H groups in total. The van der Waals surface area contributed by atoms with E-state index in [9.17, 15) is 4.79 Å². The monoisotopic (exact) mass is 373 g/mol. The van der Waals surface area contributed by atoms with Gasteiger partial charge in [-0.2, -0.15) is 0 Å². The smallest absolute Gasteiger partial charge is 0.261 e. The van der Waals surface area contributed by atoms with Crippen LogP contribution in [0.4, 0.5) is 0 Å². The summed E-state index contributed by atoms with van der Waals surface area (Å²) in [5.74, 6) is 1.01. The lowest BCUT2D eigenvalue weighted by atomic mass is 9.97. The molecule has 0 spiro atoms. The highest BCUT2D eigenvalue weighted by Gasteiger charge is 2.21. The number of halogens is 1. The second-order valence-corrected chi connectivity index (χ2v) is 7.61. The predicted molar refractivity (Wildman–Crippen MR) is 108 cm³/mol. The van der Waals surface area contributed by atoms with Gasteiger partial charge in [-0.3, -0.25) is 4.79 Å². The van der Waals surface area contributed by atoms with Crippen molar-refractivity contribution in [3.05, 3.63) is 64.2 Å². The van der Waals surface area contributed by atoms with Gasteiger partial charge in [0.1, 0.15) is 5.75 Å². The number of benzene rings is 2. The van der Waals surface area contributed by atoms with Gasteiger partial charge in [0.25, 0.3) is 5.91 Å². The minimum Gasteiger partial charge on any atom is -0.481 e. The van der Waals surface area contributed by atoms with Crippen molar-refractivity contribution in [3.63, 3.8) is 0 Å². The number of hydrogen-bond donors (Lipinski definition) is 1. The molecule has 1 amide bonds. The van der Waals surface area contributed by atoms with E-state index in [1.807, 2.05) is 56.3 Å². The van der Waals surface area contributed by atoms with E-state index in [1.165, 1.54) is 0 Å². The zero-order valence-electron chi connectivity index (χ0n) is 16.2. The second kappa shape index (κ2) is 9.09. The van der Waals surface area contributed by atoms with Crippen LogP contribution in [0, 0.1) is 19.8 Å². The van der Waals surface area contributed by atoms with Crippen LogP contribution in [0.25, 0.3) is 0 Å². The Kier molecular flexibility index (Phi) is 7.10. The average Bonchev–Trinajstić information content (AvgIpc) is 2.59. The van der Waals surface area contributed by atoms with E-state index in [4.69, 9.17) is 16.3 Å². The molecule has 2 aromatic rings. The minimum absolute atomic E-state index is 0.0246. The molecule has 0 saturated heterocycles. The van der Waals surface area contributed by atoms with Gasteiger partial charge >= 0.3 is 0 Å². The number of ether oxygens (including phenoxy) is 1. The van der Waals surface area contributed by atoms with Crippen LogP contribution in [0.5, 0.6) is 5.75 Å². The molecule has 2 aromatic carbocycles. The molecule has 0 aliphatic heterocycles. The van der Waals surface area contributed by atoms with Crippen molar-refractivity contribution in [2.24, 2.45) is 5.92 Å². The molecular formula is C22H28ClNO2. The van der Waals surface area contributed by atoms with Gasteiger partial charge in [-0.05, 0) is 61.9 Å². The molecule has 0 aliphatic rings. The number of hydrogen-bond acceptors (Lipinski definition) is 2. The first kappa shape index (κ1) is 20.3. The lowest BCUT2D eigenvalue weighted by Crippen LogP contribution is -2.39. The Morgan fingerprint density at radius 1 is 1.08 bits per heavy atom. The molecule has 4 heteroatoms. The van der Waals surface area contributed by atoms with Crippen LogP contribution >= 0.6 is 11.6 Å². The molecule has 0 fully saturated rings. The Morgan fingerprint density at radius 2 is 1.65 bits per heavy atom. The standard InChI is InChI=1S/C22H28ClNO2/c1-14(2)11-20(18-9-7-6-8-10-18)24-22(25)17(5)26-19-12-15(3)21(23)16(4)13-19/h6-10,12-14,17,20H,11H2,1-5H3,(H,24,25)/t17-,20+/m1/s1. The first-order valence-electron chi connectivity index (χ1n) is 9.06. The van der Waals surface area contributed by atoms with E-state index < -0.39 is 6.10 Å². The second-order valence-electron chi connectivity index (χ2n) is 7.23. The quantitative estimate of drug-likeness (QED) is 0.683. The van der Waals surface area contributed by atoms with Crippen molar-refractivity contribution in [3.8, 4) is 5.75 Å². The highest BCUT2D eigenvalue weighted by atomic mass is 35.5. The Bertz CT molecular complexity index is 720. The molecule has 0 aromatic heterocycles. The third kappa shape index (κ3) is 5.50. The van der Waals surface area contributed by atoms with Gasteiger partial charge in [0.15, 0.2) is 6.10 Å². The lowest BCUT2D eigenvalue weighted by molar-refractivity contribution is -0.128. The van der Waals surface area contributed by atoms with Crippen LogP contribution in [-0.4, -0.2) is 12.0 Å². The zero-order chi connectivity index (χ0) is 19.3. The number of nitrogens with one attached hydrogen (secondary N) is 1. The molecule has 2 atom stereocenters. The number of rotatable bonds is 7. The van der Waals surface area contributed by atoms with E-state index in [2.05, 4.69) is 19.2 Å². The van der Waals surface area contributed by atoms with Crippen LogP contribution in [-0.2, 0) is 4.79 Å². The van der Waals surface area contributed by atoms with Crippen LogP contribution in [0.2, 0.25) is 5.02 Å². The summed E-state index contributed by atoms with van der Waals surface area (Å²) >= 11 is 6.20. The summed E-state index contributed by atoms with van der Waals surface area (Å²) in [7, 11) is 0. The molecular weight excluding hydrogens is 346 g/mol. The molecule has 0 unspecified atom stereocenters. The Balaban J connectivity index is 2.08. The SMILES string of the molecule is Cc1cc(O[C@H](C)C(=O)N[C@@H](CC(C)C)c2ccccc2)cc(C)c1Cl. The Hall–Kier alpha value is -2.00. The van der Waals surface area contributed by atoms with Crippen molar-refractivity contribution in [1.82, 2.24) is 5.32 Å². The van der Waals surface area contributed by atoms with E-state index in [0.29, 0.717) is 11.7 Å². The van der Waals surface area contributed by atoms with Crippen LogP contribution in [0.15, 0.2) is 42.5 Å². The molecule has 140 valence electrons. The lowest BCUT2D eigenvalue weighted by Gasteiger charge is -2.24. The van der Waals surface area contributed by atoms with Gasteiger partial charge in [0.05, 0.1) is 6.04 Å². The molecule has 0 saturated carbocycles. The van der Waals surface area contributed by atoms with E-state index in [-0.39, 0.29) is 11.9 Å². The summed E-state index contributed by atoms with van der Waals surface area (Å²) in [6.07, 6.45) is 0.287. The van der Waals surface area contributed by atoms with Crippen molar-refractivity contribution in [1.29, 1.82) is 0 Å². The fraction of sp³-hybridized carbons (Fsp3) is 0.409. The normalized spacial score (nSPS) is 13.3. The Morgan fingerprint density at radius 3 is 2.19 bits per heavy atom. The number of carbonyl (C=O) groups is 1. The first-order valence-corrected chi connectivity index (χ1v) is 9.44. The molecule has 0 bridgehead atoms. The highest BCUT2D eigenvalue weighted by molar-refractivity contribution is 6.32. The van der Waals surface area contributed by atoms with Crippen molar-refractivity contribution in [2.75, 3.05) is 0 Å². The fourth-order valence-electron chi connectivity index (χ4n) is 2.96. The van der Waals surface area contributed by atoms with Gasteiger partial charge in [-0.15, -0.1) is 0 Å². The summed E-state index contributed by atoms with van der Waals surface area (Å²) in [5, 5.41) is 3.87. The van der Waals surface area contributed by atoms with Gasteiger partial charge in [0.2, 0.25) is 0 Å². The minimum atomic E-state index is -0.589. The maximum absolute atomic E-state index is 12.7. The number of aryl methyl sites for hydroxylation is 2. The molecule has 26 heavy (non-hydrogen) atoms. The van der Waals surface area contributed by atoms with Crippen molar-refractivity contribution < 1.29 is 9.53 Å². The van der Waals surface area contributed by atoms with Crippen molar-refractivity contribution in [2.45, 2.75) is 53.2 Å². The van der Waals surface area contributed by atoms with Crippen molar-refractivity contribution >= 4 is 17.5 Å². The van der Waals surface area contributed by atoms with Gasteiger partial charge in [0, 0.05) is 5.02 Å². The third-order valence-electron chi connectivity index (χ3n) is 4.32. The summed E-state index contributed by atoms with van der Waals surface area (Å²) in [5.41, 5.74) is 2.99. The van der Waals surface area contributed by atoms with Crippen LogP contribution < -0.4 is 10.1 Å². The first-order chi connectivity index (χ1) is 12.3. The maximum atomic E-state index is 12.7. The van der Waals surface area contributed by atoms with Gasteiger partial charge in [-0.1, -0.05) is 55.8 Å². The van der Waals surface area contributed by atoms with E-state index in [1.54, 1.807) is 6.92 Å². The molecule has 0 aliphatic carbocycles. The Labute approximate surface area is 161 Å². The molecule has 0 radical (unpaired) electrons. The summed E-state index contributed by atoms with van der Waals surface area (Å²) < 4.78 is 5.86. The summed E-state index contributed by atoms with van der Waals surface area (Å²) in [4.78, 5) is 12.7. The number of amides is 1. The third-order valence-corrected chi connectivity index (χ3v) is 4.91. The highest BCUT2D eigenvalue weighted by Crippen LogP contribution is 2.27. The van der Waals surface area contributed by atoms with Crippen LogP contribution in [0.3, 0.4) is 0 Å². The summed E-state index contributed by atoms with van der Waals surface area (Å²) in [6, 6.07) is 13.8. The molecule has 0 heterocycles. The maximum Gasteiger partial charge on any atom is 0.261 e. The van der Waals surface area contributed by atoms with E-state index in [0.717, 1.165) is 28.1 Å². The molecule has 2 rings (SSSR count). The topological polar surface area (TPSA) is 38.3 Å². The van der Waals surface area contributed by atoms with Crippen LogP contribution in [0.1, 0.15) is 49.9 Å². The zero-order valence-corrected chi connectivity index (χ0v) is 16.9. The van der Waals surface area contributed by atoms with E-state index >= 15 is 0 Å². The average molecular weight is 374 g/mol. The summed E-state index contributed by atoms with van der Waals surface area (Å²) in [6.45, 7) is 9.94. The molecule has 3 nitrogen and oxygen atoms in total. The van der Waals surface area contributed by atoms with Gasteiger partial charge < -0.3 is 10.1 Å². The number of carbonyl (C=O) groups excluding carboxylic acids is 1. The fourth-order valence-corrected chi connectivity index (χ4v) is 3.07.